The molecule has 6 heterocycles. The lowest BCUT2D eigenvalue weighted by molar-refractivity contribution is 0.248. The highest BCUT2D eigenvalue weighted by Gasteiger charge is 2.40. The van der Waals surface area contributed by atoms with Crippen molar-refractivity contribution in [1.29, 1.82) is 0 Å². The summed E-state index contributed by atoms with van der Waals surface area (Å²) in [6.07, 6.45) is 3.91. The zero-order chi connectivity index (χ0) is 58.2. The molecule has 6 aromatic rings. The molecule has 7 atom stereocenters. The van der Waals surface area contributed by atoms with Crippen LogP contribution in [-0.4, -0.2) is 116 Å². The van der Waals surface area contributed by atoms with Crippen molar-refractivity contribution < 1.29 is 56.8 Å². The van der Waals surface area contributed by atoms with Crippen LogP contribution < -0.4 is 28.4 Å². The van der Waals surface area contributed by atoms with Crippen LogP contribution in [0, 0.1) is 0 Å². The smallest absolute Gasteiger partial charge is 0.126 e. The molecule has 0 bridgehead atoms. The van der Waals surface area contributed by atoms with E-state index in [0.717, 1.165) is 83.8 Å². The minimum atomic E-state index is -0.431. The van der Waals surface area contributed by atoms with E-state index in [1.54, 1.807) is 0 Å². The molecule has 0 aliphatic carbocycles. The van der Waals surface area contributed by atoms with Crippen LogP contribution in [0.2, 0.25) is 0 Å². The van der Waals surface area contributed by atoms with Crippen LogP contribution in [0.25, 0.3) is 0 Å². The maximum atomic E-state index is 7.33. The average molecular weight is 1140 g/mol. The van der Waals surface area contributed by atoms with Gasteiger partial charge in [-0.15, -0.1) is 0 Å². The Morgan fingerprint density at radius 3 is 1.15 bits per heavy atom. The fourth-order valence-electron chi connectivity index (χ4n) is 11.7. The van der Waals surface area contributed by atoms with Crippen LogP contribution in [0.4, 0.5) is 0 Å². The molecule has 6 aliphatic rings. The molecule has 12 rings (SSSR count). The predicted octanol–water partition coefficient (Wildman–Crippen LogP) is 13.0. The number of hydrogen-bond acceptors (Lipinski definition) is 12. The van der Waals surface area contributed by atoms with Gasteiger partial charge in [0.1, 0.15) is 111 Å². The molecule has 12 nitrogen and oxygen atoms in total. The first kappa shape index (κ1) is 58.3. The van der Waals surface area contributed by atoms with Gasteiger partial charge in [0.2, 0.25) is 0 Å². The topological polar surface area (TPSA) is 131 Å². The molecule has 0 spiro atoms. The van der Waals surface area contributed by atoms with Gasteiger partial charge in [-0.2, -0.15) is 0 Å². The Bertz CT molecular complexity index is 3190. The van der Waals surface area contributed by atoms with Gasteiger partial charge in [-0.25, -0.2) is 0 Å². The van der Waals surface area contributed by atoms with Crippen LogP contribution in [-0.2, 0) is 62.9 Å². The third-order valence-corrected chi connectivity index (χ3v) is 18.6. The highest BCUT2D eigenvalue weighted by Crippen LogP contribution is 2.49. The average Bonchev–Trinajstić information content (AvgIpc) is 4.30. The van der Waals surface area contributed by atoms with E-state index in [2.05, 4.69) is 184 Å². The van der Waals surface area contributed by atoms with E-state index >= 15 is 0 Å². The highest BCUT2D eigenvalue weighted by molar-refractivity contribution is 5.56. The van der Waals surface area contributed by atoms with Crippen molar-refractivity contribution in [2.75, 3.05) is 79.3 Å². The van der Waals surface area contributed by atoms with Gasteiger partial charge < -0.3 is 56.8 Å². The first-order valence-electron chi connectivity index (χ1n) is 30.8. The molecule has 446 valence electrons. The molecule has 0 amide bonds. The third kappa shape index (κ3) is 13.9. The van der Waals surface area contributed by atoms with Crippen molar-refractivity contribution in [2.24, 2.45) is 0 Å². The minimum absolute atomic E-state index is 0.00274. The lowest BCUT2D eigenvalue weighted by Gasteiger charge is -2.38. The van der Waals surface area contributed by atoms with Crippen molar-refractivity contribution in [1.82, 2.24) is 0 Å². The fourth-order valence-corrected chi connectivity index (χ4v) is 11.7. The van der Waals surface area contributed by atoms with E-state index in [1.807, 2.05) is 0 Å². The maximum Gasteiger partial charge on any atom is 0.126 e. The number of hydrogen-bond donors (Lipinski definition) is 0. The van der Waals surface area contributed by atoms with E-state index in [4.69, 9.17) is 56.8 Å². The predicted molar refractivity (Wildman–Crippen MR) is 325 cm³/mol. The Labute approximate surface area is 497 Å². The summed E-state index contributed by atoms with van der Waals surface area (Å²) in [5, 5.41) is 0. The van der Waals surface area contributed by atoms with E-state index in [0.29, 0.717) is 72.3 Å². The second kappa shape index (κ2) is 24.3. The molecular formula is C72H86O12. The Balaban J connectivity index is 0.946. The molecule has 0 N–H and O–H groups in total. The number of rotatable bonds is 32. The molecule has 6 aromatic carbocycles. The SMILES string of the molecule is CCC(CC)(Cc1cc(C(C)(C)c2ccc(OCC3CO3)cc2)ccc1OCC1CO1)c1cc(C(C)(C)c2ccc(OCC3CO3)cc2)cc(CC(C)c2cc(C(C)(C)c3ccc(OCC4CO4)cc3)ccc2OCC2CO2)c1OCC1CO1. The standard InChI is InChI=1S/C72H86O12/c1-10-72(11-2,33-48-30-52(18-26-66(48)82-43-61-40-79-61)69(4,5)49-12-20-55(21-13-49)73-34-58-37-76-58)65-32-54(71(8,9)51-16-24-57(25-17-51)75-36-60-39-78-60)29-47(68(65)84-45-63-42-81-63)28-46(3)64-31-53(19-27-67(64)83-44-62-41-80-62)70(6,7)50-14-22-56(23-15-50)74-35-59-38-77-59/h12-27,29-32,46,58-63H,10-11,28,33-45H2,1-9H3. The van der Waals surface area contributed by atoms with Crippen molar-refractivity contribution in [2.45, 2.75) is 152 Å². The van der Waals surface area contributed by atoms with Gasteiger partial charge in [0.05, 0.1) is 39.6 Å². The lowest BCUT2D eigenvalue weighted by atomic mass is 9.67. The van der Waals surface area contributed by atoms with Gasteiger partial charge >= 0.3 is 0 Å². The second-order valence-corrected chi connectivity index (χ2v) is 25.9. The summed E-state index contributed by atoms with van der Waals surface area (Å²) in [4.78, 5) is 0. The molecule has 12 heteroatoms. The van der Waals surface area contributed by atoms with Gasteiger partial charge in [-0.3, -0.25) is 0 Å². The number of ether oxygens (including phenoxy) is 12. The summed E-state index contributed by atoms with van der Waals surface area (Å²) in [7, 11) is 0. The van der Waals surface area contributed by atoms with E-state index < -0.39 is 10.8 Å². The Morgan fingerprint density at radius 2 is 0.738 bits per heavy atom. The van der Waals surface area contributed by atoms with Gasteiger partial charge in [0, 0.05) is 27.2 Å². The zero-order valence-electron chi connectivity index (χ0n) is 50.8. The number of epoxide rings is 6. The van der Waals surface area contributed by atoms with Crippen LogP contribution in [0.1, 0.15) is 137 Å². The largest absolute Gasteiger partial charge is 0.491 e. The van der Waals surface area contributed by atoms with Crippen molar-refractivity contribution >= 4 is 0 Å². The number of benzene rings is 6. The first-order chi connectivity index (χ1) is 40.6. The van der Waals surface area contributed by atoms with Crippen molar-refractivity contribution in [3.8, 4) is 34.5 Å². The molecule has 6 fully saturated rings. The monoisotopic (exact) mass is 1140 g/mol. The minimum Gasteiger partial charge on any atom is -0.491 e. The van der Waals surface area contributed by atoms with Crippen molar-refractivity contribution in [3.05, 3.63) is 177 Å². The van der Waals surface area contributed by atoms with Crippen molar-refractivity contribution in [3.63, 3.8) is 0 Å². The van der Waals surface area contributed by atoms with Gasteiger partial charge in [0.15, 0.2) is 0 Å². The molecule has 7 unspecified atom stereocenters. The van der Waals surface area contributed by atoms with E-state index in [-0.39, 0.29) is 53.4 Å². The molecule has 6 saturated heterocycles. The van der Waals surface area contributed by atoms with Gasteiger partial charge in [0.25, 0.3) is 0 Å². The molecule has 84 heavy (non-hydrogen) atoms. The van der Waals surface area contributed by atoms with Crippen LogP contribution in [0.15, 0.2) is 121 Å². The Kier molecular flexibility index (Phi) is 16.9. The summed E-state index contributed by atoms with van der Waals surface area (Å²) in [5.74, 6) is 5.24. The summed E-state index contributed by atoms with van der Waals surface area (Å²) < 4.78 is 72.7. The summed E-state index contributed by atoms with van der Waals surface area (Å²) in [6.45, 7) is 28.5. The van der Waals surface area contributed by atoms with Crippen LogP contribution >= 0.6 is 0 Å². The summed E-state index contributed by atoms with van der Waals surface area (Å²) >= 11 is 0. The molecule has 0 saturated carbocycles. The lowest BCUT2D eigenvalue weighted by Crippen LogP contribution is -2.31. The van der Waals surface area contributed by atoms with E-state index in [9.17, 15) is 0 Å². The Morgan fingerprint density at radius 1 is 0.393 bits per heavy atom. The zero-order valence-corrected chi connectivity index (χ0v) is 50.8. The molecule has 0 aromatic heterocycles. The van der Waals surface area contributed by atoms with Crippen LogP contribution in [0.5, 0.6) is 34.5 Å². The maximum absolute atomic E-state index is 7.33. The molecule has 0 radical (unpaired) electrons. The summed E-state index contributed by atoms with van der Waals surface area (Å²) in [6, 6.07) is 44.3. The Hall–Kier alpha value is -6.12. The normalized spacial score (nSPS) is 21.7. The van der Waals surface area contributed by atoms with Crippen LogP contribution in [0.3, 0.4) is 0 Å². The van der Waals surface area contributed by atoms with E-state index in [1.165, 1.54) is 38.9 Å². The molecule has 6 aliphatic heterocycles. The van der Waals surface area contributed by atoms with Gasteiger partial charge in [-0.05, 0) is 130 Å². The summed E-state index contributed by atoms with van der Waals surface area (Å²) in [5.41, 5.74) is 10.4. The highest BCUT2D eigenvalue weighted by atomic mass is 16.6. The van der Waals surface area contributed by atoms with Gasteiger partial charge in [-0.1, -0.05) is 135 Å². The second-order valence-electron chi connectivity index (χ2n) is 25.9. The third-order valence-electron chi connectivity index (χ3n) is 18.6. The quantitative estimate of drug-likeness (QED) is 0.0373. The fraction of sp³-hybridized carbons (Fsp3) is 0.500. The first-order valence-corrected chi connectivity index (χ1v) is 30.8. The molecular weight excluding hydrogens is 1060 g/mol.